The highest BCUT2D eigenvalue weighted by Gasteiger charge is 2.33. The molecule has 3 N–H and O–H groups in total. The predicted octanol–water partition coefficient (Wildman–Crippen LogP) is 2.35. The van der Waals surface area contributed by atoms with E-state index in [-0.39, 0.29) is 29.3 Å². The Balaban J connectivity index is 0.00000242. The Morgan fingerprint density at radius 2 is 2.00 bits per heavy atom. The van der Waals surface area contributed by atoms with Gasteiger partial charge in [0.25, 0.3) is 5.56 Å². The van der Waals surface area contributed by atoms with Crippen molar-refractivity contribution in [3.8, 4) is 0 Å². The summed E-state index contributed by atoms with van der Waals surface area (Å²) in [7, 11) is 1.68. The normalized spacial score (nSPS) is 16.7. The fourth-order valence-corrected chi connectivity index (χ4v) is 3.14. The zero-order valence-electron chi connectivity index (χ0n) is 13.4. The SMILES string of the molecule is Cc1cc(=O)n(C)cc1NC(=O)CC1(CN)CCCCC1.Cl. The largest absolute Gasteiger partial charge is 0.330 e. The van der Waals surface area contributed by atoms with Crippen molar-refractivity contribution in [2.24, 2.45) is 18.2 Å². The fourth-order valence-electron chi connectivity index (χ4n) is 3.14. The molecule has 1 heterocycles. The summed E-state index contributed by atoms with van der Waals surface area (Å²) in [4.78, 5) is 23.9. The molecule has 6 heteroatoms. The molecular formula is C16H26ClN3O2. The smallest absolute Gasteiger partial charge is 0.250 e. The number of anilines is 1. The van der Waals surface area contributed by atoms with E-state index in [1.54, 1.807) is 13.2 Å². The van der Waals surface area contributed by atoms with Gasteiger partial charge in [-0.05, 0) is 37.3 Å². The van der Waals surface area contributed by atoms with Crippen molar-refractivity contribution in [2.45, 2.75) is 45.4 Å². The quantitative estimate of drug-likeness (QED) is 0.891. The molecule has 1 aromatic rings. The molecule has 1 aromatic heterocycles. The van der Waals surface area contributed by atoms with Crippen LogP contribution in [-0.4, -0.2) is 17.0 Å². The number of nitrogens with zero attached hydrogens (tertiary/aromatic N) is 1. The highest BCUT2D eigenvalue weighted by Crippen LogP contribution is 2.38. The zero-order valence-corrected chi connectivity index (χ0v) is 14.2. The molecule has 0 unspecified atom stereocenters. The van der Waals surface area contributed by atoms with Gasteiger partial charge in [-0.15, -0.1) is 12.4 Å². The van der Waals surface area contributed by atoms with Gasteiger partial charge in [0.15, 0.2) is 0 Å². The molecule has 1 aliphatic rings. The van der Waals surface area contributed by atoms with E-state index in [0.717, 1.165) is 31.2 Å². The first-order valence-electron chi connectivity index (χ1n) is 7.63. The van der Waals surface area contributed by atoms with Gasteiger partial charge in [-0.25, -0.2) is 0 Å². The highest BCUT2D eigenvalue weighted by atomic mass is 35.5. The van der Waals surface area contributed by atoms with Crippen molar-refractivity contribution in [3.05, 3.63) is 28.2 Å². The molecule has 0 aromatic carbocycles. The van der Waals surface area contributed by atoms with E-state index < -0.39 is 0 Å². The Labute approximate surface area is 137 Å². The minimum absolute atomic E-state index is 0. The van der Waals surface area contributed by atoms with Crippen molar-refractivity contribution < 1.29 is 4.79 Å². The molecule has 22 heavy (non-hydrogen) atoms. The summed E-state index contributed by atoms with van der Waals surface area (Å²) in [5, 5.41) is 2.93. The van der Waals surface area contributed by atoms with E-state index in [2.05, 4.69) is 5.32 Å². The van der Waals surface area contributed by atoms with Crippen LogP contribution < -0.4 is 16.6 Å². The number of nitrogens with one attached hydrogen (secondary N) is 1. The molecule has 0 bridgehead atoms. The Hall–Kier alpha value is -1.33. The third kappa shape index (κ3) is 4.34. The third-order valence-corrected chi connectivity index (χ3v) is 4.59. The summed E-state index contributed by atoms with van der Waals surface area (Å²) in [6, 6.07) is 1.54. The van der Waals surface area contributed by atoms with Crippen LogP contribution in [0.15, 0.2) is 17.1 Å². The van der Waals surface area contributed by atoms with Crippen molar-refractivity contribution in [2.75, 3.05) is 11.9 Å². The summed E-state index contributed by atoms with van der Waals surface area (Å²) < 4.78 is 1.47. The van der Waals surface area contributed by atoms with Gasteiger partial charge in [-0.1, -0.05) is 19.3 Å². The molecule has 0 aliphatic heterocycles. The van der Waals surface area contributed by atoms with E-state index >= 15 is 0 Å². The molecule has 0 radical (unpaired) electrons. The van der Waals surface area contributed by atoms with Crippen LogP contribution >= 0.6 is 12.4 Å². The minimum Gasteiger partial charge on any atom is -0.330 e. The van der Waals surface area contributed by atoms with Crippen LogP contribution in [0.2, 0.25) is 0 Å². The predicted molar refractivity (Wildman–Crippen MR) is 91.5 cm³/mol. The van der Waals surface area contributed by atoms with Gasteiger partial charge in [0, 0.05) is 25.7 Å². The van der Waals surface area contributed by atoms with Crippen LogP contribution in [0, 0.1) is 12.3 Å². The van der Waals surface area contributed by atoms with E-state index in [9.17, 15) is 9.59 Å². The van der Waals surface area contributed by atoms with E-state index in [0.29, 0.717) is 18.7 Å². The van der Waals surface area contributed by atoms with Crippen LogP contribution in [0.3, 0.4) is 0 Å². The number of pyridine rings is 1. The van der Waals surface area contributed by atoms with Gasteiger partial charge in [-0.2, -0.15) is 0 Å². The Bertz CT molecular complexity index is 577. The maximum atomic E-state index is 12.3. The second kappa shape index (κ2) is 7.79. The molecule has 0 spiro atoms. The molecular weight excluding hydrogens is 302 g/mol. The lowest BCUT2D eigenvalue weighted by Gasteiger charge is -2.35. The summed E-state index contributed by atoms with van der Waals surface area (Å²) in [6.07, 6.45) is 7.75. The first kappa shape index (κ1) is 18.7. The number of carbonyl (C=O) groups is 1. The number of halogens is 1. The van der Waals surface area contributed by atoms with Crippen molar-refractivity contribution in [3.63, 3.8) is 0 Å². The lowest BCUT2D eigenvalue weighted by molar-refractivity contribution is -0.118. The fraction of sp³-hybridized carbons (Fsp3) is 0.625. The number of aromatic nitrogens is 1. The molecule has 124 valence electrons. The number of hydrogen-bond donors (Lipinski definition) is 2. The van der Waals surface area contributed by atoms with E-state index in [1.807, 2.05) is 6.92 Å². The van der Waals surface area contributed by atoms with Crippen molar-refractivity contribution in [1.29, 1.82) is 0 Å². The van der Waals surface area contributed by atoms with Gasteiger partial charge < -0.3 is 15.6 Å². The Morgan fingerprint density at radius 1 is 1.36 bits per heavy atom. The van der Waals surface area contributed by atoms with Crippen LogP contribution in [-0.2, 0) is 11.8 Å². The van der Waals surface area contributed by atoms with Crippen molar-refractivity contribution >= 4 is 24.0 Å². The third-order valence-electron chi connectivity index (χ3n) is 4.59. The van der Waals surface area contributed by atoms with Crippen LogP contribution in [0.1, 0.15) is 44.1 Å². The molecule has 1 amide bonds. The number of amides is 1. The number of hydrogen-bond acceptors (Lipinski definition) is 3. The second-order valence-electron chi connectivity index (χ2n) is 6.31. The first-order chi connectivity index (χ1) is 9.96. The van der Waals surface area contributed by atoms with Gasteiger partial charge in [0.2, 0.25) is 5.91 Å². The molecule has 2 rings (SSSR count). The standard InChI is InChI=1S/C16H25N3O2.ClH/c1-12-8-15(21)19(2)10-13(12)18-14(20)9-16(11-17)6-4-3-5-7-16;/h8,10H,3-7,9,11,17H2,1-2H3,(H,18,20);1H. The number of carbonyl (C=O) groups excluding carboxylic acids is 1. The summed E-state index contributed by atoms with van der Waals surface area (Å²) in [5.74, 6) is -0.0101. The highest BCUT2D eigenvalue weighted by molar-refractivity contribution is 5.91. The minimum atomic E-state index is -0.0730. The Kier molecular flexibility index (Phi) is 6.63. The molecule has 1 aliphatic carbocycles. The van der Waals surface area contributed by atoms with Gasteiger partial charge in [0.05, 0.1) is 5.69 Å². The average molecular weight is 328 g/mol. The number of rotatable bonds is 4. The molecule has 0 atom stereocenters. The topological polar surface area (TPSA) is 77.1 Å². The zero-order chi connectivity index (χ0) is 15.5. The van der Waals surface area contributed by atoms with Gasteiger partial charge >= 0.3 is 0 Å². The van der Waals surface area contributed by atoms with Gasteiger partial charge in [0.1, 0.15) is 0 Å². The van der Waals surface area contributed by atoms with E-state index in [1.165, 1.54) is 17.1 Å². The van der Waals surface area contributed by atoms with Crippen LogP contribution in [0.5, 0.6) is 0 Å². The summed E-state index contributed by atoms with van der Waals surface area (Å²) in [6.45, 7) is 2.39. The van der Waals surface area contributed by atoms with Gasteiger partial charge in [-0.3, -0.25) is 9.59 Å². The number of nitrogens with two attached hydrogens (primary N) is 1. The molecule has 0 saturated heterocycles. The average Bonchev–Trinajstić information content (AvgIpc) is 2.45. The van der Waals surface area contributed by atoms with Crippen LogP contribution in [0.25, 0.3) is 0 Å². The molecule has 1 saturated carbocycles. The maximum absolute atomic E-state index is 12.3. The van der Waals surface area contributed by atoms with Crippen LogP contribution in [0.4, 0.5) is 5.69 Å². The summed E-state index contributed by atoms with van der Waals surface area (Å²) in [5.41, 5.74) is 7.30. The maximum Gasteiger partial charge on any atom is 0.250 e. The first-order valence-corrected chi connectivity index (χ1v) is 7.63. The lowest BCUT2D eigenvalue weighted by atomic mass is 9.71. The lowest BCUT2D eigenvalue weighted by Crippen LogP contribution is -2.36. The second-order valence-corrected chi connectivity index (χ2v) is 6.31. The molecule has 5 nitrogen and oxygen atoms in total. The van der Waals surface area contributed by atoms with E-state index in [4.69, 9.17) is 5.73 Å². The Morgan fingerprint density at radius 3 is 2.59 bits per heavy atom. The molecule has 1 fully saturated rings. The number of aryl methyl sites for hydroxylation is 2. The summed E-state index contributed by atoms with van der Waals surface area (Å²) >= 11 is 0. The van der Waals surface area contributed by atoms with Crippen molar-refractivity contribution in [1.82, 2.24) is 4.57 Å². The monoisotopic (exact) mass is 327 g/mol.